The molecule has 0 aliphatic carbocycles. The van der Waals surface area contributed by atoms with Crippen molar-refractivity contribution in [3.8, 4) is 11.8 Å². The maximum atomic E-state index is 12.7. The van der Waals surface area contributed by atoms with E-state index in [1.54, 1.807) is 29.2 Å². The van der Waals surface area contributed by atoms with Crippen LogP contribution in [0.5, 0.6) is 0 Å². The van der Waals surface area contributed by atoms with Crippen LogP contribution in [0.25, 0.3) is 0 Å². The van der Waals surface area contributed by atoms with Crippen molar-refractivity contribution in [3.63, 3.8) is 0 Å². The largest absolute Gasteiger partial charge is 0.416 e. The molecule has 0 radical (unpaired) electrons. The quantitative estimate of drug-likeness (QED) is 0.708. The lowest BCUT2D eigenvalue weighted by Gasteiger charge is -2.32. The number of halogens is 4. The van der Waals surface area contributed by atoms with E-state index in [-0.39, 0.29) is 29.8 Å². The topological polar surface area (TPSA) is 49.4 Å². The molecule has 3 rings (SSSR count). The van der Waals surface area contributed by atoms with Gasteiger partial charge in [-0.25, -0.2) is 0 Å². The van der Waals surface area contributed by atoms with Crippen molar-refractivity contribution in [2.24, 2.45) is 5.92 Å². The standard InChI is InChI=1S/C23H20ClF3N2O2/c24-20-10-8-17(9-11-20)22(31)29-13-3-6-18(15-29)21(30)28-12-2-5-16-4-1-7-19(14-16)23(25,26)27/h1,4,7-11,14,18H,3,6,12-13,15H2,(H,28,30)/t18-/m0/s1. The van der Waals surface area contributed by atoms with Crippen molar-refractivity contribution >= 4 is 23.4 Å². The van der Waals surface area contributed by atoms with Crippen molar-refractivity contribution in [3.05, 3.63) is 70.2 Å². The zero-order valence-corrected chi connectivity index (χ0v) is 17.3. The van der Waals surface area contributed by atoms with Crippen molar-refractivity contribution in [1.29, 1.82) is 0 Å². The minimum absolute atomic E-state index is 0.0106. The average molecular weight is 449 g/mol. The summed E-state index contributed by atoms with van der Waals surface area (Å²) < 4.78 is 38.2. The molecule has 4 nitrogen and oxygen atoms in total. The SMILES string of the molecule is O=C(NCC#Cc1cccc(C(F)(F)F)c1)[C@H]1CCCN(C(=O)c2ccc(Cl)cc2)C1. The van der Waals surface area contributed by atoms with Gasteiger partial charge in [0.05, 0.1) is 18.0 Å². The smallest absolute Gasteiger partial charge is 0.345 e. The van der Waals surface area contributed by atoms with Gasteiger partial charge in [-0.2, -0.15) is 13.2 Å². The Morgan fingerprint density at radius 1 is 1.16 bits per heavy atom. The number of nitrogens with zero attached hydrogens (tertiary/aromatic N) is 1. The van der Waals surface area contributed by atoms with Crippen LogP contribution in [-0.2, 0) is 11.0 Å². The van der Waals surface area contributed by atoms with Gasteiger partial charge in [-0.15, -0.1) is 0 Å². The predicted molar refractivity (Wildman–Crippen MR) is 111 cm³/mol. The number of rotatable bonds is 3. The second-order valence-corrected chi connectivity index (χ2v) is 7.63. The highest BCUT2D eigenvalue weighted by Crippen LogP contribution is 2.29. The molecular formula is C23H20ClF3N2O2. The molecule has 31 heavy (non-hydrogen) atoms. The molecule has 1 aliphatic rings. The van der Waals surface area contributed by atoms with Crippen LogP contribution >= 0.6 is 11.6 Å². The average Bonchev–Trinajstić information content (AvgIpc) is 2.76. The Kier molecular flexibility index (Phi) is 7.24. The number of nitrogens with one attached hydrogen (secondary N) is 1. The summed E-state index contributed by atoms with van der Waals surface area (Å²) in [6.07, 6.45) is -3.08. The Balaban J connectivity index is 1.54. The van der Waals surface area contributed by atoms with Gasteiger partial charge in [0.2, 0.25) is 5.91 Å². The molecule has 1 fully saturated rings. The van der Waals surface area contributed by atoms with Crippen LogP contribution in [0.3, 0.4) is 0 Å². The highest BCUT2D eigenvalue weighted by Gasteiger charge is 2.30. The van der Waals surface area contributed by atoms with Gasteiger partial charge in [-0.05, 0) is 55.3 Å². The summed E-state index contributed by atoms with van der Waals surface area (Å²) in [7, 11) is 0. The number of carbonyl (C=O) groups is 2. The Labute approximate surface area is 183 Å². The Morgan fingerprint density at radius 3 is 2.61 bits per heavy atom. The number of alkyl halides is 3. The van der Waals surface area contributed by atoms with Gasteiger partial charge in [0, 0.05) is 29.2 Å². The monoisotopic (exact) mass is 448 g/mol. The summed E-state index contributed by atoms with van der Waals surface area (Å²) in [6, 6.07) is 11.3. The minimum atomic E-state index is -4.43. The lowest BCUT2D eigenvalue weighted by atomic mass is 9.96. The molecule has 0 bridgehead atoms. The normalized spacial score (nSPS) is 16.3. The van der Waals surface area contributed by atoms with Crippen LogP contribution in [-0.4, -0.2) is 36.3 Å². The fourth-order valence-corrected chi connectivity index (χ4v) is 3.47. The molecule has 0 spiro atoms. The molecule has 0 unspecified atom stereocenters. The number of hydrogen-bond acceptors (Lipinski definition) is 2. The van der Waals surface area contributed by atoms with Gasteiger partial charge in [0.25, 0.3) is 5.91 Å². The van der Waals surface area contributed by atoms with Crippen LogP contribution in [0.2, 0.25) is 5.02 Å². The van der Waals surface area contributed by atoms with Crippen molar-refractivity contribution in [1.82, 2.24) is 10.2 Å². The first-order valence-corrected chi connectivity index (χ1v) is 10.1. The summed E-state index contributed by atoms with van der Waals surface area (Å²) in [6.45, 7) is 0.881. The maximum Gasteiger partial charge on any atom is 0.416 e. The molecule has 2 aromatic carbocycles. The van der Waals surface area contributed by atoms with Crippen molar-refractivity contribution in [2.75, 3.05) is 19.6 Å². The van der Waals surface area contributed by atoms with E-state index in [0.717, 1.165) is 12.1 Å². The fraction of sp³-hybridized carbons (Fsp3) is 0.304. The van der Waals surface area contributed by atoms with E-state index in [1.807, 2.05) is 0 Å². The van der Waals surface area contributed by atoms with Gasteiger partial charge in [0.1, 0.15) is 0 Å². The van der Waals surface area contributed by atoms with E-state index in [4.69, 9.17) is 11.6 Å². The second kappa shape index (κ2) is 9.88. The molecule has 1 aliphatic heterocycles. The van der Waals surface area contributed by atoms with Crippen LogP contribution in [0.4, 0.5) is 13.2 Å². The van der Waals surface area contributed by atoms with E-state index in [9.17, 15) is 22.8 Å². The molecule has 0 saturated carbocycles. The van der Waals surface area contributed by atoms with E-state index < -0.39 is 11.7 Å². The molecule has 1 saturated heterocycles. The van der Waals surface area contributed by atoms with E-state index in [1.165, 1.54) is 12.1 Å². The van der Waals surface area contributed by atoms with Crippen LogP contribution in [0.1, 0.15) is 34.3 Å². The van der Waals surface area contributed by atoms with E-state index in [0.29, 0.717) is 36.5 Å². The van der Waals surface area contributed by atoms with Crippen LogP contribution < -0.4 is 5.32 Å². The van der Waals surface area contributed by atoms with Gasteiger partial charge >= 0.3 is 6.18 Å². The fourth-order valence-electron chi connectivity index (χ4n) is 3.35. The number of piperidine rings is 1. The minimum Gasteiger partial charge on any atom is -0.345 e. The molecule has 2 amide bonds. The van der Waals surface area contributed by atoms with E-state index in [2.05, 4.69) is 17.2 Å². The lowest BCUT2D eigenvalue weighted by Crippen LogP contribution is -2.45. The van der Waals surface area contributed by atoms with Crippen LogP contribution in [0.15, 0.2) is 48.5 Å². The summed E-state index contributed by atoms with van der Waals surface area (Å²) in [5.41, 5.74) is -0.0325. The summed E-state index contributed by atoms with van der Waals surface area (Å²) in [5, 5.41) is 3.22. The van der Waals surface area contributed by atoms with Crippen molar-refractivity contribution in [2.45, 2.75) is 19.0 Å². The molecule has 8 heteroatoms. The summed E-state index contributed by atoms with van der Waals surface area (Å²) >= 11 is 5.86. The van der Waals surface area contributed by atoms with Crippen LogP contribution in [0, 0.1) is 17.8 Å². The third-order valence-electron chi connectivity index (χ3n) is 4.94. The Morgan fingerprint density at radius 2 is 1.90 bits per heavy atom. The summed E-state index contributed by atoms with van der Waals surface area (Å²) in [4.78, 5) is 26.7. The molecule has 0 aromatic heterocycles. The molecule has 1 atom stereocenters. The predicted octanol–water partition coefficient (Wildman–Crippen LogP) is 4.38. The van der Waals surface area contributed by atoms with Gasteiger partial charge in [-0.1, -0.05) is 29.5 Å². The van der Waals surface area contributed by atoms with Gasteiger partial charge < -0.3 is 10.2 Å². The number of benzene rings is 2. The lowest BCUT2D eigenvalue weighted by molar-refractivity contribution is -0.137. The van der Waals surface area contributed by atoms with Gasteiger partial charge in [0.15, 0.2) is 0 Å². The second-order valence-electron chi connectivity index (χ2n) is 7.20. The highest BCUT2D eigenvalue weighted by atomic mass is 35.5. The Hall–Kier alpha value is -2.98. The first-order valence-electron chi connectivity index (χ1n) is 9.73. The van der Waals surface area contributed by atoms with Gasteiger partial charge in [-0.3, -0.25) is 9.59 Å². The first-order chi connectivity index (χ1) is 14.7. The number of carbonyl (C=O) groups excluding carboxylic acids is 2. The number of hydrogen-bond donors (Lipinski definition) is 1. The molecule has 2 aromatic rings. The third-order valence-corrected chi connectivity index (χ3v) is 5.20. The zero-order valence-electron chi connectivity index (χ0n) is 16.5. The molecule has 1 N–H and O–H groups in total. The highest BCUT2D eigenvalue weighted by molar-refractivity contribution is 6.30. The first kappa shape index (κ1) is 22.7. The number of likely N-dealkylation sites (tertiary alicyclic amines) is 1. The molecular weight excluding hydrogens is 429 g/mol. The maximum absolute atomic E-state index is 12.7. The Bertz CT molecular complexity index is 1010. The third kappa shape index (κ3) is 6.25. The zero-order chi connectivity index (χ0) is 22.4. The number of amides is 2. The van der Waals surface area contributed by atoms with E-state index >= 15 is 0 Å². The van der Waals surface area contributed by atoms with Crippen molar-refractivity contribution < 1.29 is 22.8 Å². The summed E-state index contributed by atoms with van der Waals surface area (Å²) in [5.74, 6) is 4.56. The molecule has 162 valence electrons. The molecule has 1 heterocycles.